The second-order valence-electron chi connectivity index (χ2n) is 3.98. The molecule has 0 aromatic rings. The Hall–Kier alpha value is -0.790. The number of hydrogen-bond donors (Lipinski definition) is 1. The van der Waals surface area contributed by atoms with Crippen molar-refractivity contribution in [2.24, 2.45) is 10.4 Å². The smallest absolute Gasteiger partial charge is 0.0820 e. The fourth-order valence-corrected chi connectivity index (χ4v) is 0.183. The van der Waals surface area contributed by atoms with Gasteiger partial charge in [-0.1, -0.05) is 32.9 Å². The molecule has 0 unspecified atom stereocenters. The molecule has 0 aliphatic carbocycles. The van der Waals surface area contributed by atoms with Crippen LogP contribution in [0.3, 0.4) is 0 Å². The molecule has 0 aliphatic rings. The highest BCUT2D eigenvalue weighted by molar-refractivity contribution is 5.53. The third-order valence-electron chi connectivity index (χ3n) is 1.70. The van der Waals surface area contributed by atoms with Gasteiger partial charge < -0.3 is 5.32 Å². The number of allylic oxidation sites excluding steroid dienone is 1. The highest BCUT2D eigenvalue weighted by Gasteiger charge is 2.08. The van der Waals surface area contributed by atoms with E-state index in [1.165, 1.54) is 5.57 Å². The molecule has 2 heteroatoms. The minimum Gasteiger partial charge on any atom is -0.377 e. The zero-order valence-electron chi connectivity index (χ0n) is 9.94. The largest absolute Gasteiger partial charge is 0.377 e. The molecule has 78 valence electrons. The zero-order valence-corrected chi connectivity index (χ0v) is 9.94. The van der Waals surface area contributed by atoms with Crippen molar-refractivity contribution < 1.29 is 0 Å². The van der Waals surface area contributed by atoms with Gasteiger partial charge in [0.15, 0.2) is 0 Å². The molecule has 0 amide bonds. The highest BCUT2D eigenvalue weighted by atomic mass is 14.9. The van der Waals surface area contributed by atoms with Gasteiger partial charge in [0.2, 0.25) is 0 Å². The molecule has 0 radical (unpaired) electrons. The zero-order chi connectivity index (χ0) is 10.9. The Bertz CT molecular complexity index is 152. The van der Waals surface area contributed by atoms with Gasteiger partial charge in [0.1, 0.15) is 0 Å². The van der Waals surface area contributed by atoms with Gasteiger partial charge >= 0.3 is 0 Å². The molecule has 0 rings (SSSR count). The average Bonchev–Trinajstić information content (AvgIpc) is 2.00. The molecule has 0 fully saturated rings. The molecule has 0 aromatic heterocycles. The first-order chi connectivity index (χ1) is 5.86. The van der Waals surface area contributed by atoms with Crippen molar-refractivity contribution in [1.29, 1.82) is 0 Å². The summed E-state index contributed by atoms with van der Waals surface area (Å²) in [5, 5.41) is 2.91. The van der Waals surface area contributed by atoms with E-state index in [-0.39, 0.29) is 0 Å². The minimum absolute atomic E-state index is 0.306. The van der Waals surface area contributed by atoms with Gasteiger partial charge in [-0.2, -0.15) is 0 Å². The van der Waals surface area contributed by atoms with Crippen LogP contribution >= 0.6 is 0 Å². The van der Waals surface area contributed by atoms with Crippen molar-refractivity contribution in [2.75, 3.05) is 13.6 Å². The van der Waals surface area contributed by atoms with E-state index >= 15 is 0 Å². The molecular formula is C11H24N2. The van der Waals surface area contributed by atoms with Crippen molar-refractivity contribution in [3.05, 3.63) is 12.2 Å². The topological polar surface area (TPSA) is 24.4 Å². The molecule has 13 heavy (non-hydrogen) atoms. The average molecular weight is 184 g/mol. The van der Waals surface area contributed by atoms with Crippen molar-refractivity contribution in [3.63, 3.8) is 0 Å². The van der Waals surface area contributed by atoms with Crippen LogP contribution in [0.4, 0.5) is 0 Å². The predicted octanol–water partition coefficient (Wildman–Crippen LogP) is 2.86. The van der Waals surface area contributed by atoms with Crippen LogP contribution in [0.2, 0.25) is 0 Å². The minimum atomic E-state index is 0.306. The fourth-order valence-electron chi connectivity index (χ4n) is 0.183. The van der Waals surface area contributed by atoms with E-state index in [1.54, 1.807) is 13.4 Å². The first kappa shape index (κ1) is 14.7. The second-order valence-corrected chi connectivity index (χ2v) is 3.98. The molecule has 0 atom stereocenters. The van der Waals surface area contributed by atoms with E-state index in [0.717, 1.165) is 6.54 Å². The van der Waals surface area contributed by atoms with Crippen molar-refractivity contribution >= 4 is 6.34 Å². The van der Waals surface area contributed by atoms with Gasteiger partial charge in [0.05, 0.1) is 6.34 Å². The second kappa shape index (κ2) is 7.84. The molecule has 0 aromatic carbocycles. The summed E-state index contributed by atoms with van der Waals surface area (Å²) in [6.07, 6.45) is 1.68. The summed E-state index contributed by atoms with van der Waals surface area (Å²) < 4.78 is 0. The molecule has 0 heterocycles. The first-order valence-corrected chi connectivity index (χ1v) is 4.66. The van der Waals surface area contributed by atoms with Gasteiger partial charge in [-0.3, -0.25) is 4.99 Å². The Morgan fingerprint density at radius 2 is 1.85 bits per heavy atom. The van der Waals surface area contributed by atoms with Crippen molar-refractivity contribution in [2.45, 2.75) is 34.6 Å². The summed E-state index contributed by atoms with van der Waals surface area (Å²) in [7, 11) is 1.74. The summed E-state index contributed by atoms with van der Waals surface area (Å²) in [6, 6.07) is 0. The first-order valence-electron chi connectivity index (χ1n) is 4.66. The Kier molecular flexibility index (Phi) is 8.87. The Labute approximate surface area is 83.2 Å². The number of nitrogens with one attached hydrogen (secondary N) is 1. The molecule has 1 N–H and O–H groups in total. The lowest BCUT2D eigenvalue weighted by Gasteiger charge is -2.16. The van der Waals surface area contributed by atoms with Gasteiger partial charge in [-0.05, 0) is 19.3 Å². The van der Waals surface area contributed by atoms with Crippen LogP contribution < -0.4 is 5.32 Å². The monoisotopic (exact) mass is 184 g/mol. The fraction of sp³-hybridized carbons (Fsp3) is 0.727. The quantitative estimate of drug-likeness (QED) is 0.398. The third-order valence-corrected chi connectivity index (χ3v) is 1.70. The lowest BCUT2D eigenvalue weighted by Crippen LogP contribution is -2.08. The van der Waals surface area contributed by atoms with Gasteiger partial charge in [-0.25, -0.2) is 0 Å². The Balaban J connectivity index is 0. The van der Waals surface area contributed by atoms with Gasteiger partial charge in [0.25, 0.3) is 0 Å². The van der Waals surface area contributed by atoms with E-state index in [4.69, 9.17) is 0 Å². The van der Waals surface area contributed by atoms with Gasteiger partial charge in [-0.15, -0.1) is 0 Å². The number of rotatable bonds is 2. The standard InChI is InChI=1S/C7H14.C4H10N2/c1-6(2)7(3,4)5;1-3-6-4-5-2/h1H2,2-5H3;4H,3H2,1-2H3,(H,5,6). The molecule has 0 spiro atoms. The maximum Gasteiger partial charge on any atom is 0.0820 e. The molecule has 0 saturated heterocycles. The van der Waals surface area contributed by atoms with Crippen LogP contribution in [0.1, 0.15) is 34.6 Å². The number of hydrogen-bond acceptors (Lipinski definition) is 1. The Morgan fingerprint density at radius 1 is 1.46 bits per heavy atom. The Morgan fingerprint density at radius 3 is 1.92 bits per heavy atom. The summed E-state index contributed by atoms with van der Waals surface area (Å²) in [4.78, 5) is 3.69. The van der Waals surface area contributed by atoms with E-state index in [1.807, 2.05) is 6.92 Å². The summed E-state index contributed by atoms with van der Waals surface area (Å²) >= 11 is 0. The van der Waals surface area contributed by atoms with E-state index in [2.05, 4.69) is 44.6 Å². The van der Waals surface area contributed by atoms with E-state index in [9.17, 15) is 0 Å². The lowest BCUT2D eigenvalue weighted by molar-refractivity contribution is 0.506. The van der Waals surface area contributed by atoms with Crippen LogP contribution in [-0.2, 0) is 0 Å². The maximum absolute atomic E-state index is 3.83. The predicted molar refractivity (Wildman–Crippen MR) is 62.4 cm³/mol. The summed E-state index contributed by atoms with van der Waals surface area (Å²) in [6.45, 7) is 15.4. The summed E-state index contributed by atoms with van der Waals surface area (Å²) in [5.41, 5.74) is 1.55. The summed E-state index contributed by atoms with van der Waals surface area (Å²) in [5.74, 6) is 0. The maximum atomic E-state index is 3.83. The van der Waals surface area contributed by atoms with Crippen molar-refractivity contribution in [1.82, 2.24) is 5.32 Å². The molecule has 0 bridgehead atoms. The van der Waals surface area contributed by atoms with Crippen LogP contribution in [0.25, 0.3) is 0 Å². The molecule has 2 nitrogen and oxygen atoms in total. The van der Waals surface area contributed by atoms with E-state index in [0.29, 0.717) is 5.41 Å². The van der Waals surface area contributed by atoms with Crippen LogP contribution in [0.15, 0.2) is 17.1 Å². The molecule has 0 saturated carbocycles. The lowest BCUT2D eigenvalue weighted by atomic mass is 9.89. The van der Waals surface area contributed by atoms with Crippen LogP contribution in [0, 0.1) is 5.41 Å². The van der Waals surface area contributed by atoms with Gasteiger partial charge in [0, 0.05) is 13.6 Å². The molecular weight excluding hydrogens is 160 g/mol. The third kappa shape index (κ3) is 14.1. The number of aliphatic imine (C=N–C) groups is 1. The van der Waals surface area contributed by atoms with Crippen LogP contribution in [0.5, 0.6) is 0 Å². The highest BCUT2D eigenvalue weighted by Crippen LogP contribution is 2.21. The van der Waals surface area contributed by atoms with E-state index < -0.39 is 0 Å². The van der Waals surface area contributed by atoms with Crippen LogP contribution in [-0.4, -0.2) is 19.9 Å². The SMILES string of the molecule is C=C(C)C(C)(C)C.CCNC=NC. The normalized spacial score (nSPS) is 10.6. The van der Waals surface area contributed by atoms with Crippen molar-refractivity contribution in [3.8, 4) is 0 Å². The number of nitrogens with zero attached hydrogens (tertiary/aromatic N) is 1. The molecule has 0 aliphatic heterocycles.